The van der Waals surface area contributed by atoms with Gasteiger partial charge in [-0.25, -0.2) is 0 Å². The molecule has 0 aliphatic rings. The van der Waals surface area contributed by atoms with E-state index in [1.54, 1.807) is 11.3 Å². The first-order valence-corrected chi connectivity index (χ1v) is 6.16. The minimum absolute atomic E-state index is 0.0109. The standard InChI is InChI=1S/C11H12N2O3S/c1-7(5-10(14)15)4-9-12-11(13-16-9)8-2-3-17-6-8/h2-3,6-7H,4-5H2,1H3,(H,14,15). The number of carbonyl (C=O) groups is 1. The summed E-state index contributed by atoms with van der Waals surface area (Å²) in [6, 6.07) is 1.92. The van der Waals surface area contributed by atoms with Gasteiger partial charge in [-0.05, 0) is 17.4 Å². The Balaban J connectivity index is 2.01. The second-order valence-corrected chi connectivity index (χ2v) is 4.71. The average Bonchev–Trinajstić information content (AvgIpc) is 2.84. The van der Waals surface area contributed by atoms with Crippen LogP contribution in [0.4, 0.5) is 0 Å². The van der Waals surface area contributed by atoms with Gasteiger partial charge in [0.05, 0.1) is 0 Å². The minimum atomic E-state index is -0.810. The van der Waals surface area contributed by atoms with E-state index >= 15 is 0 Å². The molecule has 0 spiro atoms. The number of rotatable bonds is 5. The molecule has 6 heteroatoms. The number of hydrogen-bond donors (Lipinski definition) is 1. The highest BCUT2D eigenvalue weighted by Gasteiger charge is 2.14. The highest BCUT2D eigenvalue weighted by atomic mass is 32.1. The fraction of sp³-hybridized carbons (Fsp3) is 0.364. The van der Waals surface area contributed by atoms with E-state index in [1.807, 2.05) is 23.8 Å². The summed E-state index contributed by atoms with van der Waals surface area (Å²) in [5.41, 5.74) is 0.927. The first-order chi connectivity index (χ1) is 8.15. The Kier molecular flexibility index (Phi) is 3.53. The molecule has 0 bridgehead atoms. The minimum Gasteiger partial charge on any atom is -0.481 e. The maximum absolute atomic E-state index is 10.5. The average molecular weight is 252 g/mol. The zero-order valence-corrected chi connectivity index (χ0v) is 10.1. The van der Waals surface area contributed by atoms with Crippen molar-refractivity contribution in [2.75, 3.05) is 0 Å². The van der Waals surface area contributed by atoms with Crippen molar-refractivity contribution >= 4 is 17.3 Å². The molecule has 2 heterocycles. The number of nitrogens with zero attached hydrogens (tertiary/aromatic N) is 2. The van der Waals surface area contributed by atoms with Crippen LogP contribution in [0.2, 0.25) is 0 Å². The molecule has 17 heavy (non-hydrogen) atoms. The lowest BCUT2D eigenvalue weighted by atomic mass is 10.0. The summed E-state index contributed by atoms with van der Waals surface area (Å²) in [6.07, 6.45) is 0.597. The van der Waals surface area contributed by atoms with E-state index in [-0.39, 0.29) is 12.3 Å². The molecule has 0 amide bonds. The van der Waals surface area contributed by atoms with Crippen LogP contribution in [0.5, 0.6) is 0 Å². The Morgan fingerprint density at radius 2 is 2.47 bits per heavy atom. The molecular formula is C11H12N2O3S. The highest BCUT2D eigenvalue weighted by Crippen LogP contribution is 2.20. The number of hydrogen-bond acceptors (Lipinski definition) is 5. The molecular weight excluding hydrogens is 240 g/mol. The summed E-state index contributed by atoms with van der Waals surface area (Å²) >= 11 is 1.57. The molecule has 0 saturated heterocycles. The highest BCUT2D eigenvalue weighted by molar-refractivity contribution is 7.08. The number of thiophene rings is 1. The van der Waals surface area contributed by atoms with Crippen LogP contribution in [0, 0.1) is 5.92 Å². The van der Waals surface area contributed by atoms with Crippen molar-refractivity contribution < 1.29 is 14.4 Å². The number of carboxylic acids is 1. The molecule has 2 rings (SSSR count). The molecule has 0 saturated carbocycles. The largest absolute Gasteiger partial charge is 0.481 e. The van der Waals surface area contributed by atoms with Crippen molar-refractivity contribution in [3.63, 3.8) is 0 Å². The molecule has 1 unspecified atom stereocenters. The van der Waals surface area contributed by atoms with Crippen LogP contribution < -0.4 is 0 Å². The number of aromatic nitrogens is 2. The Hall–Kier alpha value is -1.69. The van der Waals surface area contributed by atoms with Gasteiger partial charge < -0.3 is 9.63 Å². The van der Waals surface area contributed by atoms with E-state index in [0.717, 1.165) is 5.56 Å². The van der Waals surface area contributed by atoms with E-state index in [1.165, 1.54) is 0 Å². The summed E-state index contributed by atoms with van der Waals surface area (Å²) < 4.78 is 5.09. The molecule has 0 fully saturated rings. The predicted molar refractivity (Wildman–Crippen MR) is 62.7 cm³/mol. The second kappa shape index (κ2) is 5.09. The van der Waals surface area contributed by atoms with E-state index in [4.69, 9.17) is 9.63 Å². The normalized spacial score (nSPS) is 12.5. The van der Waals surface area contributed by atoms with Crippen LogP contribution in [-0.2, 0) is 11.2 Å². The molecule has 1 N–H and O–H groups in total. The van der Waals surface area contributed by atoms with E-state index < -0.39 is 5.97 Å². The third-order valence-corrected chi connectivity index (χ3v) is 2.98. The van der Waals surface area contributed by atoms with Crippen LogP contribution in [-0.4, -0.2) is 21.2 Å². The molecule has 0 aliphatic heterocycles. The molecule has 90 valence electrons. The van der Waals surface area contributed by atoms with Gasteiger partial charge in [0.1, 0.15) is 0 Å². The van der Waals surface area contributed by atoms with Crippen LogP contribution in [0.25, 0.3) is 11.4 Å². The molecule has 5 nitrogen and oxygen atoms in total. The van der Waals surface area contributed by atoms with Gasteiger partial charge in [-0.3, -0.25) is 4.79 Å². The summed E-state index contributed by atoms with van der Waals surface area (Å²) in [5.74, 6) is 0.224. The van der Waals surface area contributed by atoms with Crippen LogP contribution in [0.1, 0.15) is 19.2 Å². The fourth-order valence-electron chi connectivity index (χ4n) is 1.52. The first kappa shape index (κ1) is 11.8. The number of carboxylic acid groups (broad SMARTS) is 1. The van der Waals surface area contributed by atoms with Crippen molar-refractivity contribution in [2.24, 2.45) is 5.92 Å². The summed E-state index contributed by atoms with van der Waals surface area (Å²) in [7, 11) is 0. The van der Waals surface area contributed by atoms with Crippen molar-refractivity contribution in [3.05, 3.63) is 22.7 Å². The SMILES string of the molecule is CC(CC(=O)O)Cc1nc(-c2ccsc2)no1. The van der Waals surface area contributed by atoms with Gasteiger partial charge in [0.25, 0.3) is 0 Å². The summed E-state index contributed by atoms with van der Waals surface area (Å²) in [4.78, 5) is 14.8. The lowest BCUT2D eigenvalue weighted by Crippen LogP contribution is -2.07. The van der Waals surface area contributed by atoms with Crippen LogP contribution in [0.15, 0.2) is 21.3 Å². The van der Waals surface area contributed by atoms with E-state index in [2.05, 4.69) is 10.1 Å². The first-order valence-electron chi connectivity index (χ1n) is 5.22. The van der Waals surface area contributed by atoms with Crippen molar-refractivity contribution in [3.8, 4) is 11.4 Å². The van der Waals surface area contributed by atoms with Crippen molar-refractivity contribution in [1.29, 1.82) is 0 Å². The quantitative estimate of drug-likeness (QED) is 0.884. The molecule has 0 aromatic carbocycles. The topological polar surface area (TPSA) is 76.2 Å². The Morgan fingerprint density at radius 1 is 1.65 bits per heavy atom. The second-order valence-electron chi connectivity index (χ2n) is 3.93. The Bertz CT molecular complexity index is 493. The van der Waals surface area contributed by atoms with E-state index in [0.29, 0.717) is 18.1 Å². The molecule has 0 radical (unpaired) electrons. The van der Waals surface area contributed by atoms with Gasteiger partial charge in [0.15, 0.2) is 0 Å². The van der Waals surface area contributed by atoms with Gasteiger partial charge in [0, 0.05) is 23.8 Å². The molecule has 2 aromatic rings. The Morgan fingerprint density at radius 3 is 3.12 bits per heavy atom. The number of aliphatic carboxylic acids is 1. The molecule has 0 aliphatic carbocycles. The third-order valence-electron chi connectivity index (χ3n) is 2.29. The maximum atomic E-state index is 10.5. The van der Waals surface area contributed by atoms with Gasteiger partial charge in [0.2, 0.25) is 11.7 Å². The van der Waals surface area contributed by atoms with Gasteiger partial charge >= 0.3 is 5.97 Å². The maximum Gasteiger partial charge on any atom is 0.303 e. The lowest BCUT2D eigenvalue weighted by Gasteiger charge is -2.02. The molecule has 1 atom stereocenters. The van der Waals surface area contributed by atoms with Gasteiger partial charge in [-0.1, -0.05) is 12.1 Å². The smallest absolute Gasteiger partial charge is 0.303 e. The fourth-order valence-corrected chi connectivity index (χ4v) is 2.15. The van der Waals surface area contributed by atoms with Gasteiger partial charge in [-0.2, -0.15) is 16.3 Å². The third kappa shape index (κ3) is 3.13. The van der Waals surface area contributed by atoms with Crippen molar-refractivity contribution in [2.45, 2.75) is 19.8 Å². The zero-order valence-electron chi connectivity index (χ0n) is 9.29. The predicted octanol–water partition coefficient (Wildman–Crippen LogP) is 2.45. The van der Waals surface area contributed by atoms with E-state index in [9.17, 15) is 4.79 Å². The monoisotopic (exact) mass is 252 g/mol. The lowest BCUT2D eigenvalue weighted by molar-refractivity contribution is -0.137. The van der Waals surface area contributed by atoms with Gasteiger partial charge in [-0.15, -0.1) is 0 Å². The van der Waals surface area contributed by atoms with Crippen molar-refractivity contribution in [1.82, 2.24) is 10.1 Å². The van der Waals surface area contributed by atoms with Crippen LogP contribution in [0.3, 0.4) is 0 Å². The molecule has 2 aromatic heterocycles. The summed E-state index contributed by atoms with van der Waals surface area (Å²) in [5, 5.41) is 16.4. The Labute approximate surface area is 102 Å². The summed E-state index contributed by atoms with van der Waals surface area (Å²) in [6.45, 7) is 1.85. The van der Waals surface area contributed by atoms with Crippen LogP contribution >= 0.6 is 11.3 Å². The zero-order chi connectivity index (χ0) is 12.3.